The molecule has 174 valence electrons. The average Bonchev–Trinajstić information content (AvgIpc) is 3.31. The second-order valence-electron chi connectivity index (χ2n) is 7.05. The molecular weight excluding hydrogens is 469 g/mol. The van der Waals surface area contributed by atoms with Gasteiger partial charge in [0.2, 0.25) is 4.90 Å². The molecule has 1 atom stereocenters. The molecule has 4 aromatic rings. The molecule has 0 radical (unpaired) electrons. The van der Waals surface area contributed by atoms with Gasteiger partial charge in [0.15, 0.2) is 11.6 Å². The van der Waals surface area contributed by atoms with E-state index in [0.717, 1.165) is 24.3 Å². The molecule has 12 heteroatoms. The summed E-state index contributed by atoms with van der Waals surface area (Å²) in [5.41, 5.74) is 3.69. The monoisotopic (exact) mass is 486 g/mol. The van der Waals surface area contributed by atoms with Crippen molar-refractivity contribution in [2.75, 3.05) is 17.5 Å². The minimum Gasteiger partial charge on any atom is -0.588 e. The zero-order valence-corrected chi connectivity index (χ0v) is 18.3. The number of fused-ring (bicyclic) bond motifs is 1. The number of anilines is 2. The highest BCUT2D eigenvalue weighted by molar-refractivity contribution is 7.93. The number of hydrogen-bond acceptors (Lipinski definition) is 6. The average molecular weight is 486 g/mol. The Hall–Kier alpha value is -4.03. The lowest BCUT2D eigenvalue weighted by atomic mass is 9.98. The number of nitrogen functional groups attached to an aromatic ring is 1. The number of rotatable bonds is 6. The SMILES string of the molecule is CNC(=O)C(=N)c1ccc(-c2c(F)ccc(N[S+]([O-])c3cccc4[nH]cnc34)c2F)c(F)c1N. The number of H-pyrrole nitrogens is 1. The Morgan fingerprint density at radius 1 is 1.15 bits per heavy atom. The maximum atomic E-state index is 15.3. The van der Waals surface area contributed by atoms with Crippen LogP contribution >= 0.6 is 0 Å². The number of aromatic amines is 1. The Kier molecular flexibility index (Phi) is 6.18. The number of halogens is 3. The summed E-state index contributed by atoms with van der Waals surface area (Å²) in [5, 5.41) is 10.0. The maximum absolute atomic E-state index is 15.3. The number of nitrogens with zero attached hydrogens (tertiary/aromatic N) is 1. The van der Waals surface area contributed by atoms with E-state index in [-0.39, 0.29) is 16.1 Å². The van der Waals surface area contributed by atoms with Gasteiger partial charge < -0.3 is 20.6 Å². The predicted octanol–water partition coefficient (Wildman–Crippen LogP) is 3.48. The number of imidazole rings is 1. The molecule has 1 unspecified atom stereocenters. The molecule has 0 aliphatic carbocycles. The Balaban J connectivity index is 1.74. The lowest BCUT2D eigenvalue weighted by Crippen LogP contribution is -2.28. The fourth-order valence-corrected chi connectivity index (χ4v) is 4.38. The van der Waals surface area contributed by atoms with Crippen LogP contribution in [0, 0.1) is 22.9 Å². The van der Waals surface area contributed by atoms with Gasteiger partial charge in [0.05, 0.1) is 23.1 Å². The third kappa shape index (κ3) is 3.93. The Bertz CT molecular complexity index is 1440. The van der Waals surface area contributed by atoms with E-state index in [4.69, 9.17) is 11.1 Å². The summed E-state index contributed by atoms with van der Waals surface area (Å²) in [6, 6.07) is 8.97. The quantitative estimate of drug-likeness (QED) is 0.161. The second kappa shape index (κ2) is 9.08. The summed E-state index contributed by atoms with van der Waals surface area (Å²) < 4.78 is 60.4. The molecule has 0 aliphatic rings. The number of amides is 1. The van der Waals surface area contributed by atoms with Crippen LogP contribution in [0.3, 0.4) is 0 Å². The first-order chi connectivity index (χ1) is 16.2. The van der Waals surface area contributed by atoms with E-state index in [0.29, 0.717) is 11.0 Å². The molecule has 1 heterocycles. The van der Waals surface area contributed by atoms with Crippen molar-refractivity contribution < 1.29 is 22.5 Å². The number of nitrogens with one attached hydrogen (secondary N) is 4. The van der Waals surface area contributed by atoms with Crippen LogP contribution in [0.4, 0.5) is 24.5 Å². The molecule has 0 fully saturated rings. The normalized spacial score (nSPS) is 11.9. The van der Waals surface area contributed by atoms with Crippen LogP contribution in [-0.4, -0.2) is 33.2 Å². The summed E-state index contributed by atoms with van der Waals surface area (Å²) in [7, 11) is 1.29. The van der Waals surface area contributed by atoms with Crippen LogP contribution in [0.2, 0.25) is 0 Å². The number of carbonyl (C=O) groups is 1. The molecule has 6 N–H and O–H groups in total. The first kappa shape index (κ1) is 23.1. The van der Waals surface area contributed by atoms with Crippen LogP contribution in [0.5, 0.6) is 0 Å². The third-order valence-corrected chi connectivity index (χ3v) is 6.21. The van der Waals surface area contributed by atoms with Crippen molar-refractivity contribution in [3.63, 3.8) is 0 Å². The molecular formula is C22H17F3N6O2S. The van der Waals surface area contributed by atoms with Crippen LogP contribution in [0.1, 0.15) is 5.56 Å². The standard InChI is InChI=1S/C22H17F3N6O2S/c1-28-22(32)20(27)11-6-5-10(17(24)19(11)26)16-12(23)7-8-13(18(16)25)31-34(33)15-4-2-3-14-21(15)30-9-29-14/h2-9,27,31H,26H2,1H3,(H,28,32)(H,29,30). The van der Waals surface area contributed by atoms with Crippen LogP contribution in [0.25, 0.3) is 22.2 Å². The Labute approximate surface area is 194 Å². The minimum absolute atomic E-state index is 0.233. The molecule has 1 aromatic heterocycles. The summed E-state index contributed by atoms with van der Waals surface area (Å²) in [4.78, 5) is 18.9. The predicted molar refractivity (Wildman–Crippen MR) is 123 cm³/mol. The second-order valence-corrected chi connectivity index (χ2v) is 8.23. The van der Waals surface area contributed by atoms with E-state index < -0.39 is 57.2 Å². The lowest BCUT2D eigenvalue weighted by Gasteiger charge is -2.16. The van der Waals surface area contributed by atoms with Crippen molar-refractivity contribution in [2.45, 2.75) is 4.90 Å². The van der Waals surface area contributed by atoms with Gasteiger partial charge in [0.25, 0.3) is 5.91 Å². The van der Waals surface area contributed by atoms with Gasteiger partial charge in [-0.05, 0) is 30.3 Å². The fraction of sp³-hybridized carbons (Fsp3) is 0.0455. The number of para-hydroxylation sites is 1. The summed E-state index contributed by atoms with van der Waals surface area (Å²) in [6.45, 7) is 0. The van der Waals surface area contributed by atoms with Gasteiger partial charge >= 0.3 is 0 Å². The van der Waals surface area contributed by atoms with Crippen LogP contribution in [0.15, 0.2) is 53.7 Å². The number of nitrogens with two attached hydrogens (primary N) is 1. The topological polar surface area (TPSA) is 143 Å². The molecule has 0 spiro atoms. The zero-order valence-electron chi connectivity index (χ0n) is 17.5. The van der Waals surface area contributed by atoms with Crippen molar-refractivity contribution in [3.05, 3.63) is 71.8 Å². The van der Waals surface area contributed by atoms with Gasteiger partial charge in [-0.2, -0.15) is 0 Å². The van der Waals surface area contributed by atoms with Crippen molar-refractivity contribution in [1.29, 1.82) is 5.41 Å². The molecule has 0 saturated carbocycles. The highest BCUT2D eigenvalue weighted by atomic mass is 32.2. The number of benzene rings is 3. The maximum Gasteiger partial charge on any atom is 0.269 e. The van der Waals surface area contributed by atoms with Crippen LogP contribution < -0.4 is 15.8 Å². The van der Waals surface area contributed by atoms with E-state index in [1.807, 2.05) is 0 Å². The highest BCUT2D eigenvalue weighted by Crippen LogP contribution is 2.36. The summed E-state index contributed by atoms with van der Waals surface area (Å²) in [5.74, 6) is -4.30. The van der Waals surface area contributed by atoms with Gasteiger partial charge in [-0.3, -0.25) is 10.2 Å². The van der Waals surface area contributed by atoms with E-state index in [1.54, 1.807) is 12.1 Å². The number of carbonyl (C=O) groups excluding carboxylic acids is 1. The lowest BCUT2D eigenvalue weighted by molar-refractivity contribution is -0.114. The van der Waals surface area contributed by atoms with Gasteiger partial charge in [0, 0.05) is 18.2 Å². The number of hydrogen-bond donors (Lipinski definition) is 5. The summed E-state index contributed by atoms with van der Waals surface area (Å²) in [6.07, 6.45) is 1.42. The molecule has 8 nitrogen and oxygen atoms in total. The van der Waals surface area contributed by atoms with Crippen molar-refractivity contribution >= 4 is 45.4 Å². The Morgan fingerprint density at radius 2 is 1.91 bits per heavy atom. The smallest absolute Gasteiger partial charge is 0.269 e. The van der Waals surface area contributed by atoms with E-state index in [1.165, 1.54) is 19.4 Å². The first-order valence-electron chi connectivity index (χ1n) is 9.72. The van der Waals surface area contributed by atoms with Gasteiger partial charge in [-0.25, -0.2) is 22.9 Å². The van der Waals surface area contributed by atoms with Crippen molar-refractivity contribution in [2.24, 2.45) is 0 Å². The summed E-state index contributed by atoms with van der Waals surface area (Å²) >= 11 is -1.98. The third-order valence-electron chi connectivity index (χ3n) is 5.08. The Morgan fingerprint density at radius 3 is 2.65 bits per heavy atom. The molecule has 0 aliphatic heterocycles. The number of aromatic nitrogens is 2. The molecule has 34 heavy (non-hydrogen) atoms. The van der Waals surface area contributed by atoms with Crippen molar-refractivity contribution in [3.8, 4) is 11.1 Å². The van der Waals surface area contributed by atoms with Gasteiger partial charge in [-0.1, -0.05) is 12.1 Å². The molecule has 1 amide bonds. The number of likely N-dealkylation sites (N-methyl/N-ethyl adjacent to an activating group) is 1. The minimum atomic E-state index is -1.98. The highest BCUT2D eigenvalue weighted by Gasteiger charge is 2.26. The van der Waals surface area contributed by atoms with Crippen molar-refractivity contribution in [1.82, 2.24) is 15.3 Å². The zero-order chi connectivity index (χ0) is 24.6. The van der Waals surface area contributed by atoms with Gasteiger partial charge in [0.1, 0.15) is 34.1 Å². The first-order valence-corrected chi connectivity index (χ1v) is 10.9. The molecule has 0 saturated heterocycles. The van der Waals surface area contributed by atoms with E-state index >= 15 is 8.78 Å². The van der Waals surface area contributed by atoms with E-state index in [9.17, 15) is 13.7 Å². The molecule has 4 rings (SSSR count). The van der Waals surface area contributed by atoms with Crippen LogP contribution in [-0.2, 0) is 16.2 Å². The van der Waals surface area contributed by atoms with Gasteiger partial charge in [-0.15, -0.1) is 0 Å². The fourth-order valence-electron chi connectivity index (χ4n) is 3.37. The molecule has 0 bridgehead atoms. The molecule has 3 aromatic carbocycles. The van der Waals surface area contributed by atoms with E-state index in [2.05, 4.69) is 20.0 Å². The largest absolute Gasteiger partial charge is 0.588 e.